The number of ether oxygens (including phenoxy) is 1. The average Bonchev–Trinajstić information content (AvgIpc) is 3.21. The van der Waals surface area contributed by atoms with Gasteiger partial charge in [0.25, 0.3) is 0 Å². The molecule has 2 aromatic rings. The van der Waals surface area contributed by atoms with Crippen LogP contribution in [0.2, 0.25) is 5.02 Å². The van der Waals surface area contributed by atoms with Crippen molar-refractivity contribution in [1.82, 2.24) is 14.8 Å². The summed E-state index contributed by atoms with van der Waals surface area (Å²) in [6.45, 7) is 5.02. The van der Waals surface area contributed by atoms with Crippen LogP contribution in [0.15, 0.2) is 24.3 Å². The van der Waals surface area contributed by atoms with E-state index in [2.05, 4.69) is 12.0 Å². The van der Waals surface area contributed by atoms with E-state index in [4.69, 9.17) is 21.3 Å². The molecule has 3 rings (SSSR count). The Kier molecular flexibility index (Phi) is 4.15. The first-order valence-electron chi connectivity index (χ1n) is 7.54. The van der Waals surface area contributed by atoms with Gasteiger partial charge in [-0.2, -0.15) is 5.10 Å². The Balaban J connectivity index is 1.80. The van der Waals surface area contributed by atoms with Crippen molar-refractivity contribution >= 4 is 11.6 Å². The summed E-state index contributed by atoms with van der Waals surface area (Å²) in [4.78, 5) is 4.70. The van der Waals surface area contributed by atoms with Crippen molar-refractivity contribution in [2.24, 2.45) is 0 Å². The first kappa shape index (κ1) is 14.4. The van der Waals surface area contributed by atoms with E-state index in [0.29, 0.717) is 10.9 Å². The second kappa shape index (κ2) is 6.06. The standard InChI is InChI=1S/C16H20ClN3O/c1-3-9-20-16(18-15(19-20)12-7-8-12)11(2)21-14-6-4-5-13(17)10-14/h4-6,10-12H,3,7-9H2,1-2H3/t11-/m1/s1. The zero-order valence-corrected chi connectivity index (χ0v) is 13.2. The molecule has 0 aliphatic heterocycles. The fraction of sp³-hybridized carbons (Fsp3) is 0.500. The molecule has 0 bridgehead atoms. The zero-order chi connectivity index (χ0) is 14.8. The average molecular weight is 306 g/mol. The molecule has 1 aromatic carbocycles. The first-order chi connectivity index (χ1) is 10.2. The van der Waals surface area contributed by atoms with E-state index in [-0.39, 0.29) is 6.10 Å². The van der Waals surface area contributed by atoms with Crippen molar-refractivity contribution in [1.29, 1.82) is 0 Å². The normalized spacial score (nSPS) is 16.0. The van der Waals surface area contributed by atoms with Crippen LogP contribution in [0.3, 0.4) is 0 Å². The van der Waals surface area contributed by atoms with Crippen molar-refractivity contribution in [3.63, 3.8) is 0 Å². The summed E-state index contributed by atoms with van der Waals surface area (Å²) in [6, 6.07) is 7.45. The van der Waals surface area contributed by atoms with Crippen molar-refractivity contribution in [3.8, 4) is 5.75 Å². The third-order valence-corrected chi connectivity index (χ3v) is 3.80. The van der Waals surface area contributed by atoms with Crippen molar-refractivity contribution in [2.45, 2.75) is 51.7 Å². The maximum atomic E-state index is 6.00. The van der Waals surface area contributed by atoms with Crippen molar-refractivity contribution < 1.29 is 4.74 Å². The second-order valence-corrected chi connectivity index (χ2v) is 5.98. The third-order valence-electron chi connectivity index (χ3n) is 3.57. The molecule has 4 nitrogen and oxygen atoms in total. The monoisotopic (exact) mass is 305 g/mol. The van der Waals surface area contributed by atoms with E-state index in [0.717, 1.165) is 30.4 Å². The van der Waals surface area contributed by atoms with E-state index < -0.39 is 0 Å². The number of rotatable bonds is 6. The van der Waals surface area contributed by atoms with Crippen LogP contribution in [0.1, 0.15) is 56.8 Å². The molecule has 5 heteroatoms. The maximum Gasteiger partial charge on any atom is 0.168 e. The van der Waals surface area contributed by atoms with Gasteiger partial charge in [-0.05, 0) is 44.4 Å². The second-order valence-electron chi connectivity index (χ2n) is 5.54. The van der Waals surface area contributed by atoms with Gasteiger partial charge < -0.3 is 4.74 Å². The summed E-state index contributed by atoms with van der Waals surface area (Å²) in [5.41, 5.74) is 0. The lowest BCUT2D eigenvalue weighted by Crippen LogP contribution is -2.12. The Morgan fingerprint density at radius 1 is 1.43 bits per heavy atom. The minimum absolute atomic E-state index is 0.144. The summed E-state index contributed by atoms with van der Waals surface area (Å²) in [6.07, 6.45) is 3.30. The van der Waals surface area contributed by atoms with E-state index >= 15 is 0 Å². The molecule has 21 heavy (non-hydrogen) atoms. The molecular weight excluding hydrogens is 286 g/mol. The van der Waals surface area contributed by atoms with Gasteiger partial charge in [-0.25, -0.2) is 9.67 Å². The lowest BCUT2D eigenvalue weighted by atomic mass is 10.3. The van der Waals surface area contributed by atoms with Gasteiger partial charge in [0.1, 0.15) is 5.75 Å². The predicted octanol–water partition coefficient (Wildman–Crippen LogP) is 4.36. The molecule has 1 aromatic heterocycles. The number of nitrogens with zero attached hydrogens (tertiary/aromatic N) is 3. The van der Waals surface area contributed by atoms with Gasteiger partial charge >= 0.3 is 0 Å². The Bertz CT molecular complexity index is 622. The number of benzene rings is 1. The van der Waals surface area contributed by atoms with Crippen LogP contribution in [0.4, 0.5) is 0 Å². The number of hydrogen-bond acceptors (Lipinski definition) is 3. The van der Waals surface area contributed by atoms with Gasteiger partial charge in [-0.3, -0.25) is 0 Å². The summed E-state index contributed by atoms with van der Waals surface area (Å²) in [7, 11) is 0. The lowest BCUT2D eigenvalue weighted by molar-refractivity contribution is 0.208. The van der Waals surface area contributed by atoms with Gasteiger partial charge in [-0.1, -0.05) is 24.6 Å². The highest BCUT2D eigenvalue weighted by Gasteiger charge is 2.30. The molecule has 0 N–H and O–H groups in total. The number of aryl methyl sites for hydroxylation is 1. The van der Waals surface area contributed by atoms with E-state index in [1.165, 1.54) is 12.8 Å². The molecular formula is C16H20ClN3O. The van der Waals surface area contributed by atoms with Crippen LogP contribution in [0.25, 0.3) is 0 Å². The zero-order valence-electron chi connectivity index (χ0n) is 12.4. The topological polar surface area (TPSA) is 39.9 Å². The highest BCUT2D eigenvalue weighted by atomic mass is 35.5. The number of hydrogen-bond donors (Lipinski definition) is 0. The van der Waals surface area contributed by atoms with Crippen LogP contribution in [0.5, 0.6) is 5.75 Å². The molecule has 0 saturated heterocycles. The van der Waals surface area contributed by atoms with Gasteiger partial charge in [0.15, 0.2) is 17.8 Å². The fourth-order valence-electron chi connectivity index (χ4n) is 2.36. The predicted molar refractivity (Wildman–Crippen MR) is 82.8 cm³/mol. The maximum absolute atomic E-state index is 6.00. The summed E-state index contributed by atoms with van der Waals surface area (Å²) in [5, 5.41) is 5.32. The molecule has 1 saturated carbocycles. The number of halogens is 1. The minimum atomic E-state index is -0.144. The first-order valence-corrected chi connectivity index (χ1v) is 7.92. The lowest BCUT2D eigenvalue weighted by Gasteiger charge is -2.15. The van der Waals surface area contributed by atoms with Gasteiger partial charge in [0, 0.05) is 17.5 Å². The SMILES string of the molecule is CCCn1nc(C2CC2)nc1[C@@H](C)Oc1cccc(Cl)c1. The van der Waals surface area contributed by atoms with Crippen LogP contribution >= 0.6 is 11.6 Å². The molecule has 1 aliphatic carbocycles. The molecule has 0 spiro atoms. The largest absolute Gasteiger partial charge is 0.483 e. The fourth-order valence-corrected chi connectivity index (χ4v) is 2.54. The van der Waals surface area contributed by atoms with Crippen molar-refractivity contribution in [3.05, 3.63) is 40.9 Å². The summed E-state index contributed by atoms with van der Waals surface area (Å²) < 4.78 is 7.96. The highest BCUT2D eigenvalue weighted by molar-refractivity contribution is 6.30. The smallest absolute Gasteiger partial charge is 0.168 e. The Morgan fingerprint density at radius 3 is 2.90 bits per heavy atom. The third kappa shape index (κ3) is 3.38. The summed E-state index contributed by atoms with van der Waals surface area (Å²) >= 11 is 6.00. The molecule has 0 radical (unpaired) electrons. The van der Waals surface area contributed by atoms with Crippen LogP contribution in [-0.4, -0.2) is 14.8 Å². The Labute approximate surface area is 130 Å². The molecule has 1 atom stereocenters. The molecule has 1 heterocycles. The van der Waals surface area contributed by atoms with Gasteiger partial charge in [0.2, 0.25) is 0 Å². The van der Waals surface area contributed by atoms with E-state index in [9.17, 15) is 0 Å². The highest BCUT2D eigenvalue weighted by Crippen LogP contribution is 2.38. The Morgan fingerprint density at radius 2 is 2.24 bits per heavy atom. The molecule has 1 aliphatic rings. The molecule has 0 unspecified atom stereocenters. The molecule has 0 amide bonds. The van der Waals surface area contributed by atoms with Crippen molar-refractivity contribution in [2.75, 3.05) is 0 Å². The van der Waals surface area contributed by atoms with E-state index in [1.54, 1.807) is 0 Å². The minimum Gasteiger partial charge on any atom is -0.483 e. The van der Waals surface area contributed by atoms with Crippen LogP contribution in [0, 0.1) is 0 Å². The van der Waals surface area contributed by atoms with Gasteiger partial charge in [0.05, 0.1) is 0 Å². The number of aromatic nitrogens is 3. The summed E-state index contributed by atoms with van der Waals surface area (Å²) in [5.74, 6) is 3.19. The van der Waals surface area contributed by atoms with Gasteiger partial charge in [-0.15, -0.1) is 0 Å². The van der Waals surface area contributed by atoms with Crippen LogP contribution < -0.4 is 4.74 Å². The van der Waals surface area contributed by atoms with Crippen LogP contribution in [-0.2, 0) is 6.54 Å². The molecule has 1 fully saturated rings. The molecule has 112 valence electrons. The van der Waals surface area contributed by atoms with E-state index in [1.807, 2.05) is 35.9 Å². The Hall–Kier alpha value is -1.55. The quantitative estimate of drug-likeness (QED) is 0.796.